The fourth-order valence-electron chi connectivity index (χ4n) is 3.80. The second kappa shape index (κ2) is 8.06. The predicted octanol–water partition coefficient (Wildman–Crippen LogP) is 2.45. The summed E-state index contributed by atoms with van der Waals surface area (Å²) in [6.45, 7) is 6.91. The number of nitrogens with zero attached hydrogens (tertiary/aromatic N) is 3. The molecule has 0 unspecified atom stereocenters. The lowest BCUT2D eigenvalue weighted by atomic mass is 10.1. The molecule has 0 spiro atoms. The molecule has 0 saturated carbocycles. The van der Waals surface area contributed by atoms with E-state index in [9.17, 15) is 0 Å². The fraction of sp³-hybridized carbons (Fsp3) is 0.476. The van der Waals surface area contributed by atoms with Crippen molar-refractivity contribution in [2.45, 2.75) is 25.9 Å². The molecule has 0 atom stereocenters. The minimum atomic E-state index is 0.816. The van der Waals surface area contributed by atoms with Crippen LogP contribution in [0.4, 0.5) is 5.82 Å². The Hall–Kier alpha value is -2.11. The van der Waals surface area contributed by atoms with Gasteiger partial charge in [-0.05, 0) is 43.3 Å². The summed E-state index contributed by atoms with van der Waals surface area (Å²) in [5, 5.41) is 3.60. The number of ether oxygens (including phenoxy) is 1. The summed E-state index contributed by atoms with van der Waals surface area (Å²) >= 11 is 0. The zero-order chi connectivity index (χ0) is 17.8. The lowest BCUT2D eigenvalue weighted by Crippen LogP contribution is -2.30. The molecule has 1 aromatic carbocycles. The maximum absolute atomic E-state index is 5.59. The number of hydrogen-bond acceptors (Lipinski definition) is 5. The summed E-state index contributed by atoms with van der Waals surface area (Å²) in [4.78, 5) is 9.53. The molecule has 1 saturated heterocycles. The number of fused-ring (bicyclic) bond motifs is 1. The van der Waals surface area contributed by atoms with E-state index >= 15 is 0 Å². The molecule has 1 fully saturated rings. The first-order valence-corrected chi connectivity index (χ1v) is 9.62. The Labute approximate surface area is 156 Å². The smallest absolute Gasteiger partial charge is 0.133 e. The van der Waals surface area contributed by atoms with Gasteiger partial charge in [0.05, 0.1) is 6.61 Å². The van der Waals surface area contributed by atoms with E-state index in [1.165, 1.54) is 29.7 Å². The molecule has 0 bridgehead atoms. The molecule has 138 valence electrons. The first-order chi connectivity index (χ1) is 12.8. The van der Waals surface area contributed by atoms with Crippen molar-refractivity contribution in [3.63, 3.8) is 0 Å². The van der Waals surface area contributed by atoms with E-state index in [2.05, 4.69) is 46.4 Å². The average Bonchev–Trinajstić information content (AvgIpc) is 3.02. The van der Waals surface area contributed by atoms with Crippen molar-refractivity contribution >= 4 is 5.82 Å². The highest BCUT2D eigenvalue weighted by molar-refractivity contribution is 5.47. The lowest BCUT2D eigenvalue weighted by molar-refractivity contribution is 0.357. The maximum Gasteiger partial charge on any atom is 0.133 e. The Morgan fingerprint density at radius 3 is 3.04 bits per heavy atom. The van der Waals surface area contributed by atoms with E-state index < -0.39 is 0 Å². The van der Waals surface area contributed by atoms with E-state index in [1.54, 1.807) is 0 Å². The summed E-state index contributed by atoms with van der Waals surface area (Å²) in [7, 11) is 2.20. The second-order valence-corrected chi connectivity index (χ2v) is 7.27. The molecule has 2 aliphatic rings. The van der Waals surface area contributed by atoms with Crippen LogP contribution < -0.4 is 15.0 Å². The zero-order valence-corrected chi connectivity index (χ0v) is 15.6. The summed E-state index contributed by atoms with van der Waals surface area (Å²) in [6, 6.07) is 10.8. The number of rotatable bonds is 5. The van der Waals surface area contributed by atoms with Gasteiger partial charge in [0, 0.05) is 50.9 Å². The van der Waals surface area contributed by atoms with E-state index in [0.29, 0.717) is 0 Å². The maximum atomic E-state index is 5.59. The van der Waals surface area contributed by atoms with Crippen molar-refractivity contribution < 1.29 is 4.74 Å². The van der Waals surface area contributed by atoms with Gasteiger partial charge in [-0.15, -0.1) is 0 Å². The molecule has 2 aromatic rings. The number of nitrogens with one attached hydrogen (secondary N) is 1. The van der Waals surface area contributed by atoms with Gasteiger partial charge in [-0.25, -0.2) is 4.98 Å². The quantitative estimate of drug-likeness (QED) is 0.895. The molecule has 1 N–H and O–H groups in total. The van der Waals surface area contributed by atoms with Crippen LogP contribution >= 0.6 is 0 Å². The van der Waals surface area contributed by atoms with Crippen LogP contribution in [0.25, 0.3) is 0 Å². The summed E-state index contributed by atoms with van der Waals surface area (Å²) in [5.41, 5.74) is 3.93. The van der Waals surface area contributed by atoms with Crippen LogP contribution in [0, 0.1) is 0 Å². The molecule has 0 aliphatic carbocycles. The van der Waals surface area contributed by atoms with Gasteiger partial charge in [0.2, 0.25) is 0 Å². The van der Waals surface area contributed by atoms with Crippen LogP contribution in [-0.4, -0.2) is 49.7 Å². The minimum absolute atomic E-state index is 0.816. The highest BCUT2D eigenvalue weighted by Gasteiger charge is 2.16. The molecular weight excluding hydrogens is 324 g/mol. The number of anilines is 1. The monoisotopic (exact) mass is 352 g/mol. The second-order valence-electron chi connectivity index (χ2n) is 7.27. The van der Waals surface area contributed by atoms with E-state index in [0.717, 1.165) is 57.3 Å². The van der Waals surface area contributed by atoms with Gasteiger partial charge in [-0.3, -0.25) is 0 Å². The van der Waals surface area contributed by atoms with Crippen LogP contribution in [0.2, 0.25) is 0 Å². The lowest BCUT2D eigenvalue weighted by Gasteiger charge is -2.24. The van der Waals surface area contributed by atoms with Crippen molar-refractivity contribution in [2.24, 2.45) is 0 Å². The van der Waals surface area contributed by atoms with Crippen LogP contribution in [0.15, 0.2) is 36.5 Å². The Balaban J connectivity index is 1.39. The SMILES string of the molecule is CN1CCCN(c2ncccc2CNCc2ccc3c(c2)CCO3)CC1. The molecular formula is C21H28N4O. The third-order valence-corrected chi connectivity index (χ3v) is 5.28. The number of benzene rings is 1. The highest BCUT2D eigenvalue weighted by Crippen LogP contribution is 2.26. The predicted molar refractivity (Wildman–Crippen MR) is 105 cm³/mol. The molecule has 1 aromatic heterocycles. The first kappa shape index (κ1) is 17.3. The third-order valence-electron chi connectivity index (χ3n) is 5.28. The molecule has 0 amide bonds. The van der Waals surface area contributed by atoms with Crippen molar-refractivity contribution in [1.82, 2.24) is 15.2 Å². The van der Waals surface area contributed by atoms with Gasteiger partial charge in [-0.1, -0.05) is 18.2 Å². The van der Waals surface area contributed by atoms with E-state index in [-0.39, 0.29) is 0 Å². The van der Waals surface area contributed by atoms with Gasteiger partial charge < -0.3 is 19.9 Å². The van der Waals surface area contributed by atoms with Crippen molar-refractivity contribution in [1.29, 1.82) is 0 Å². The van der Waals surface area contributed by atoms with Crippen LogP contribution in [0.5, 0.6) is 5.75 Å². The molecule has 2 aliphatic heterocycles. The van der Waals surface area contributed by atoms with E-state index in [1.807, 2.05) is 12.3 Å². The number of likely N-dealkylation sites (N-methyl/N-ethyl adjacent to an activating group) is 1. The van der Waals surface area contributed by atoms with Crippen LogP contribution in [-0.2, 0) is 19.5 Å². The van der Waals surface area contributed by atoms with Gasteiger partial charge in [0.15, 0.2) is 0 Å². The largest absolute Gasteiger partial charge is 0.493 e. The molecule has 4 rings (SSSR count). The Kier molecular flexibility index (Phi) is 5.37. The van der Waals surface area contributed by atoms with E-state index in [4.69, 9.17) is 9.72 Å². The number of hydrogen-bond donors (Lipinski definition) is 1. The Bertz CT molecular complexity index is 749. The van der Waals surface area contributed by atoms with Gasteiger partial charge in [-0.2, -0.15) is 0 Å². The summed E-state index contributed by atoms with van der Waals surface area (Å²) < 4.78 is 5.59. The fourth-order valence-corrected chi connectivity index (χ4v) is 3.80. The van der Waals surface area contributed by atoms with Crippen LogP contribution in [0.1, 0.15) is 23.1 Å². The first-order valence-electron chi connectivity index (χ1n) is 9.62. The summed E-state index contributed by atoms with van der Waals surface area (Å²) in [6.07, 6.45) is 4.13. The van der Waals surface area contributed by atoms with Gasteiger partial charge >= 0.3 is 0 Å². The van der Waals surface area contributed by atoms with Crippen molar-refractivity contribution in [3.05, 3.63) is 53.2 Å². The minimum Gasteiger partial charge on any atom is -0.493 e. The zero-order valence-electron chi connectivity index (χ0n) is 15.6. The average molecular weight is 352 g/mol. The third kappa shape index (κ3) is 4.00. The molecule has 5 heteroatoms. The van der Waals surface area contributed by atoms with Gasteiger partial charge in [0.25, 0.3) is 0 Å². The number of pyridine rings is 1. The standard InChI is InChI=1S/C21H28N4O/c1-24-9-3-10-25(12-11-24)21-19(4-2-8-23-21)16-22-15-17-5-6-20-18(14-17)7-13-26-20/h2,4-6,8,14,22H,3,7,9-13,15-16H2,1H3. The van der Waals surface area contributed by atoms with Crippen molar-refractivity contribution in [2.75, 3.05) is 44.7 Å². The highest BCUT2D eigenvalue weighted by atomic mass is 16.5. The molecule has 5 nitrogen and oxygen atoms in total. The normalized spacial score (nSPS) is 17.7. The Morgan fingerprint density at radius 1 is 1.12 bits per heavy atom. The van der Waals surface area contributed by atoms with Crippen LogP contribution in [0.3, 0.4) is 0 Å². The molecule has 0 radical (unpaired) electrons. The summed E-state index contributed by atoms with van der Waals surface area (Å²) in [5.74, 6) is 2.19. The Morgan fingerprint density at radius 2 is 2.08 bits per heavy atom. The van der Waals surface area contributed by atoms with Gasteiger partial charge in [0.1, 0.15) is 11.6 Å². The number of aromatic nitrogens is 1. The van der Waals surface area contributed by atoms with Crippen molar-refractivity contribution in [3.8, 4) is 5.75 Å². The molecule has 26 heavy (non-hydrogen) atoms. The molecule has 3 heterocycles. The topological polar surface area (TPSA) is 40.6 Å².